The maximum atomic E-state index is 4.39. The van der Waals surface area contributed by atoms with Crippen molar-refractivity contribution in [3.8, 4) is 22.3 Å². The molecule has 0 amide bonds. The molecule has 0 saturated carbocycles. The minimum absolute atomic E-state index is 1.03. The van der Waals surface area contributed by atoms with Gasteiger partial charge in [-0.1, -0.05) is 24.3 Å². The summed E-state index contributed by atoms with van der Waals surface area (Å²) in [5.74, 6) is 0. The highest BCUT2D eigenvalue weighted by Crippen LogP contribution is 2.29. The van der Waals surface area contributed by atoms with Crippen molar-refractivity contribution in [1.29, 1.82) is 0 Å². The van der Waals surface area contributed by atoms with Crippen molar-refractivity contribution >= 4 is 10.9 Å². The van der Waals surface area contributed by atoms with Crippen molar-refractivity contribution in [2.45, 2.75) is 6.92 Å². The molecule has 0 spiro atoms. The lowest BCUT2D eigenvalue weighted by atomic mass is 9.96. The first-order valence-corrected chi connectivity index (χ1v) is 7.67. The second-order valence-corrected chi connectivity index (χ2v) is 5.73. The Balaban J connectivity index is 1.86. The third-order valence-corrected chi connectivity index (χ3v) is 4.03. The Hall–Kier alpha value is -3.00. The van der Waals surface area contributed by atoms with Gasteiger partial charge in [0.2, 0.25) is 0 Å². The van der Waals surface area contributed by atoms with E-state index >= 15 is 0 Å². The molecule has 0 N–H and O–H groups in total. The number of pyridine rings is 2. The minimum atomic E-state index is 1.03. The van der Waals surface area contributed by atoms with Gasteiger partial charge in [-0.25, -0.2) is 0 Å². The molecule has 0 atom stereocenters. The first-order chi connectivity index (χ1) is 11.3. The Bertz CT molecular complexity index is 975. The van der Waals surface area contributed by atoms with Gasteiger partial charge in [-0.05, 0) is 71.1 Å². The van der Waals surface area contributed by atoms with E-state index in [2.05, 4.69) is 59.4 Å². The van der Waals surface area contributed by atoms with E-state index in [0.717, 1.165) is 10.9 Å². The molecule has 110 valence electrons. The van der Waals surface area contributed by atoms with Gasteiger partial charge in [0.1, 0.15) is 0 Å². The molecule has 0 fully saturated rings. The molecule has 0 radical (unpaired) electrons. The van der Waals surface area contributed by atoms with Gasteiger partial charge in [-0.2, -0.15) is 0 Å². The molecule has 2 aromatic carbocycles. The number of rotatable bonds is 2. The van der Waals surface area contributed by atoms with E-state index < -0.39 is 0 Å². The summed E-state index contributed by atoms with van der Waals surface area (Å²) < 4.78 is 0. The predicted octanol–water partition coefficient (Wildman–Crippen LogP) is 5.27. The van der Waals surface area contributed by atoms with Gasteiger partial charge in [0.15, 0.2) is 0 Å². The fourth-order valence-electron chi connectivity index (χ4n) is 2.92. The van der Waals surface area contributed by atoms with Gasteiger partial charge >= 0.3 is 0 Å². The topological polar surface area (TPSA) is 25.8 Å². The summed E-state index contributed by atoms with van der Waals surface area (Å²) in [7, 11) is 0. The molecule has 0 aliphatic carbocycles. The predicted molar refractivity (Wildman–Crippen MR) is 95.1 cm³/mol. The van der Waals surface area contributed by atoms with Crippen LogP contribution < -0.4 is 0 Å². The van der Waals surface area contributed by atoms with Crippen LogP contribution in [0.15, 0.2) is 79.3 Å². The van der Waals surface area contributed by atoms with Crippen LogP contribution in [0.4, 0.5) is 0 Å². The third kappa shape index (κ3) is 2.71. The molecule has 0 aliphatic heterocycles. The van der Waals surface area contributed by atoms with Crippen LogP contribution in [0.3, 0.4) is 0 Å². The van der Waals surface area contributed by atoms with Crippen LogP contribution in [0.25, 0.3) is 33.2 Å². The molecule has 0 saturated heterocycles. The summed E-state index contributed by atoms with van der Waals surface area (Å²) >= 11 is 0. The molecule has 4 aromatic rings. The number of aromatic nitrogens is 2. The SMILES string of the molecule is Cc1cc(-c2ccncc2)cc(-c2ccc3ncccc3c2)c1. The first-order valence-electron chi connectivity index (χ1n) is 7.67. The molecule has 0 bridgehead atoms. The third-order valence-electron chi connectivity index (χ3n) is 4.03. The summed E-state index contributed by atoms with van der Waals surface area (Å²) in [6, 6.07) is 21.3. The fourth-order valence-corrected chi connectivity index (χ4v) is 2.92. The maximum absolute atomic E-state index is 4.39. The van der Waals surface area contributed by atoms with Crippen molar-refractivity contribution in [2.24, 2.45) is 0 Å². The van der Waals surface area contributed by atoms with Gasteiger partial charge < -0.3 is 0 Å². The van der Waals surface area contributed by atoms with Crippen LogP contribution in [0, 0.1) is 6.92 Å². The Kier molecular flexibility index (Phi) is 3.35. The van der Waals surface area contributed by atoms with E-state index in [4.69, 9.17) is 0 Å². The molecule has 2 aromatic heterocycles. The highest BCUT2D eigenvalue weighted by atomic mass is 14.6. The highest BCUT2D eigenvalue weighted by molar-refractivity contribution is 5.85. The van der Waals surface area contributed by atoms with Gasteiger partial charge in [0.05, 0.1) is 5.52 Å². The molecule has 2 heteroatoms. The summed E-state index contributed by atoms with van der Waals surface area (Å²) in [6.07, 6.45) is 5.49. The van der Waals surface area contributed by atoms with E-state index in [9.17, 15) is 0 Å². The van der Waals surface area contributed by atoms with Crippen molar-refractivity contribution in [3.63, 3.8) is 0 Å². The second-order valence-electron chi connectivity index (χ2n) is 5.73. The number of benzene rings is 2. The highest BCUT2D eigenvalue weighted by Gasteiger charge is 2.05. The summed E-state index contributed by atoms with van der Waals surface area (Å²) in [5, 5.41) is 1.16. The number of fused-ring (bicyclic) bond motifs is 1. The second kappa shape index (κ2) is 5.65. The van der Waals surface area contributed by atoms with Crippen LogP contribution in [-0.4, -0.2) is 9.97 Å². The molecular weight excluding hydrogens is 280 g/mol. The molecule has 2 nitrogen and oxygen atoms in total. The Morgan fingerprint density at radius 2 is 1.43 bits per heavy atom. The summed E-state index contributed by atoms with van der Waals surface area (Å²) in [4.78, 5) is 8.49. The Morgan fingerprint density at radius 3 is 2.26 bits per heavy atom. The minimum Gasteiger partial charge on any atom is -0.265 e. The number of hydrogen-bond donors (Lipinski definition) is 0. The molecule has 0 aliphatic rings. The molecule has 0 unspecified atom stereocenters. The summed E-state index contributed by atoms with van der Waals surface area (Å²) in [5.41, 5.74) is 7.12. The van der Waals surface area contributed by atoms with Crippen molar-refractivity contribution in [3.05, 3.63) is 84.8 Å². The molecular formula is C21H16N2. The van der Waals surface area contributed by atoms with Crippen molar-refractivity contribution in [1.82, 2.24) is 9.97 Å². The monoisotopic (exact) mass is 296 g/mol. The van der Waals surface area contributed by atoms with Crippen LogP contribution in [0.1, 0.15) is 5.56 Å². The normalized spacial score (nSPS) is 10.8. The largest absolute Gasteiger partial charge is 0.265 e. The molecule has 4 rings (SSSR count). The number of nitrogens with zero attached hydrogens (tertiary/aromatic N) is 2. The van der Waals surface area contributed by atoms with E-state index in [1.807, 2.05) is 36.8 Å². The molecule has 2 heterocycles. The Labute approximate surface area is 135 Å². The number of hydrogen-bond acceptors (Lipinski definition) is 2. The van der Waals surface area contributed by atoms with Gasteiger partial charge in [0.25, 0.3) is 0 Å². The van der Waals surface area contributed by atoms with Crippen LogP contribution in [0.5, 0.6) is 0 Å². The quantitative estimate of drug-likeness (QED) is 0.503. The standard InChI is InChI=1S/C21H16N2/c1-15-11-19(16-6-9-22-10-7-16)14-20(12-15)17-4-5-21-18(13-17)3-2-8-23-21/h2-14H,1H3. The first kappa shape index (κ1) is 13.6. The zero-order valence-electron chi connectivity index (χ0n) is 12.9. The summed E-state index contributed by atoms with van der Waals surface area (Å²) in [6.45, 7) is 2.14. The lowest BCUT2D eigenvalue weighted by molar-refractivity contribution is 1.33. The van der Waals surface area contributed by atoms with Crippen molar-refractivity contribution < 1.29 is 0 Å². The van der Waals surface area contributed by atoms with Crippen LogP contribution >= 0.6 is 0 Å². The zero-order chi connectivity index (χ0) is 15.6. The van der Waals surface area contributed by atoms with Gasteiger partial charge in [0, 0.05) is 24.0 Å². The fraction of sp³-hybridized carbons (Fsp3) is 0.0476. The zero-order valence-corrected chi connectivity index (χ0v) is 12.9. The van der Waals surface area contributed by atoms with E-state index in [1.54, 1.807) is 0 Å². The van der Waals surface area contributed by atoms with Crippen molar-refractivity contribution in [2.75, 3.05) is 0 Å². The smallest absolute Gasteiger partial charge is 0.0702 e. The average molecular weight is 296 g/mol. The van der Waals surface area contributed by atoms with E-state index in [-0.39, 0.29) is 0 Å². The lowest BCUT2D eigenvalue weighted by Gasteiger charge is -2.09. The Morgan fingerprint density at radius 1 is 0.652 bits per heavy atom. The van der Waals surface area contributed by atoms with Crippen LogP contribution in [0.2, 0.25) is 0 Å². The number of aryl methyl sites for hydroxylation is 1. The van der Waals surface area contributed by atoms with Gasteiger partial charge in [-0.3, -0.25) is 9.97 Å². The molecule has 23 heavy (non-hydrogen) atoms. The van der Waals surface area contributed by atoms with E-state index in [0.29, 0.717) is 0 Å². The van der Waals surface area contributed by atoms with E-state index in [1.165, 1.54) is 27.8 Å². The maximum Gasteiger partial charge on any atom is 0.0702 e. The van der Waals surface area contributed by atoms with Crippen LogP contribution in [-0.2, 0) is 0 Å². The van der Waals surface area contributed by atoms with Gasteiger partial charge in [-0.15, -0.1) is 0 Å². The lowest BCUT2D eigenvalue weighted by Crippen LogP contribution is -1.86. The average Bonchev–Trinajstić information content (AvgIpc) is 2.61.